The maximum atomic E-state index is 13.4. The van der Waals surface area contributed by atoms with E-state index in [9.17, 15) is 14.0 Å². The van der Waals surface area contributed by atoms with E-state index in [0.717, 1.165) is 0 Å². The van der Waals surface area contributed by atoms with Crippen molar-refractivity contribution in [2.45, 2.75) is 6.92 Å². The second-order valence-electron chi connectivity index (χ2n) is 5.08. The van der Waals surface area contributed by atoms with Crippen molar-refractivity contribution >= 4 is 23.3 Å². The fourth-order valence-electron chi connectivity index (χ4n) is 2.30. The van der Waals surface area contributed by atoms with Crippen molar-refractivity contribution in [1.82, 2.24) is 0 Å². The van der Waals surface area contributed by atoms with Crippen LogP contribution in [0.2, 0.25) is 0 Å². The monoisotopic (exact) mass is 330 g/mol. The third-order valence-electron chi connectivity index (χ3n) is 3.50. The van der Waals surface area contributed by atoms with Crippen LogP contribution in [0.25, 0.3) is 0 Å². The number of nitrogens with one attached hydrogen (secondary N) is 1. The van der Waals surface area contributed by atoms with Gasteiger partial charge in [0.15, 0.2) is 0 Å². The van der Waals surface area contributed by atoms with Crippen LogP contribution in [0.15, 0.2) is 48.5 Å². The number of amides is 1. The number of anilines is 2. The predicted molar refractivity (Wildman–Crippen MR) is 90.7 cm³/mol. The highest BCUT2D eigenvalue weighted by Gasteiger charge is 2.15. The van der Waals surface area contributed by atoms with Crippen LogP contribution in [0, 0.1) is 5.82 Å². The minimum absolute atomic E-state index is 0.0372. The number of ether oxygens (including phenoxy) is 1. The van der Waals surface area contributed by atoms with Crippen LogP contribution < -0.4 is 10.2 Å². The normalized spacial score (nSPS) is 10.1. The molecule has 5 nitrogen and oxygen atoms in total. The molecule has 0 aliphatic carbocycles. The van der Waals surface area contributed by atoms with E-state index >= 15 is 0 Å². The molecule has 0 fully saturated rings. The van der Waals surface area contributed by atoms with E-state index in [2.05, 4.69) is 5.32 Å². The molecule has 0 bridgehead atoms. The molecule has 1 amide bonds. The first-order valence-electron chi connectivity index (χ1n) is 7.53. The number of benzene rings is 2. The van der Waals surface area contributed by atoms with Crippen LogP contribution in [-0.2, 0) is 9.53 Å². The van der Waals surface area contributed by atoms with Crippen LogP contribution in [0.1, 0.15) is 17.3 Å². The molecule has 126 valence electrons. The first-order chi connectivity index (χ1) is 11.5. The Hall–Kier alpha value is -2.89. The molecule has 0 spiro atoms. The fourth-order valence-corrected chi connectivity index (χ4v) is 2.30. The van der Waals surface area contributed by atoms with Crippen molar-refractivity contribution in [2.75, 3.05) is 30.4 Å². The summed E-state index contributed by atoms with van der Waals surface area (Å²) in [4.78, 5) is 25.8. The van der Waals surface area contributed by atoms with E-state index < -0.39 is 5.97 Å². The summed E-state index contributed by atoms with van der Waals surface area (Å²) in [6.45, 7) is 2.45. The number of hydrogen-bond donors (Lipinski definition) is 1. The summed E-state index contributed by atoms with van der Waals surface area (Å²) >= 11 is 0. The van der Waals surface area contributed by atoms with Crippen molar-refractivity contribution in [3.05, 3.63) is 59.9 Å². The highest BCUT2D eigenvalue weighted by Crippen LogP contribution is 2.18. The van der Waals surface area contributed by atoms with Gasteiger partial charge in [0, 0.05) is 12.2 Å². The molecule has 1 N–H and O–H groups in total. The molecule has 0 atom stereocenters. The van der Waals surface area contributed by atoms with Gasteiger partial charge < -0.3 is 15.0 Å². The van der Waals surface area contributed by atoms with E-state index in [1.54, 1.807) is 41.3 Å². The molecule has 0 radical (unpaired) electrons. The maximum Gasteiger partial charge on any atom is 0.339 e. The predicted octanol–water partition coefficient (Wildman–Crippen LogP) is 3.08. The summed E-state index contributed by atoms with van der Waals surface area (Å²) in [6, 6.07) is 12.7. The van der Waals surface area contributed by atoms with Crippen LogP contribution in [0.5, 0.6) is 0 Å². The van der Waals surface area contributed by atoms with Crippen molar-refractivity contribution in [3.63, 3.8) is 0 Å². The van der Waals surface area contributed by atoms with Crippen molar-refractivity contribution < 1.29 is 18.7 Å². The standard InChI is InChI=1S/C18H19FN2O3/c1-3-21(14-8-6-7-13(19)11-14)12-17(22)20-16-10-5-4-9-15(16)18(23)24-2/h4-11H,3,12H2,1-2H3,(H,20,22). The Morgan fingerprint density at radius 2 is 1.92 bits per heavy atom. The number of carbonyl (C=O) groups excluding carboxylic acids is 2. The van der Waals surface area contributed by atoms with Gasteiger partial charge in [-0.05, 0) is 37.3 Å². The number of esters is 1. The largest absolute Gasteiger partial charge is 0.465 e. The zero-order valence-electron chi connectivity index (χ0n) is 13.6. The number of nitrogens with zero attached hydrogens (tertiary/aromatic N) is 1. The molecular formula is C18H19FN2O3. The Morgan fingerprint density at radius 3 is 2.58 bits per heavy atom. The minimum Gasteiger partial charge on any atom is -0.465 e. The molecule has 2 aromatic carbocycles. The zero-order valence-corrected chi connectivity index (χ0v) is 13.6. The summed E-state index contributed by atoms with van der Waals surface area (Å²) in [5, 5.41) is 2.70. The summed E-state index contributed by atoms with van der Waals surface area (Å²) in [5.74, 6) is -1.19. The van der Waals surface area contributed by atoms with Gasteiger partial charge in [-0.2, -0.15) is 0 Å². The van der Waals surface area contributed by atoms with Gasteiger partial charge in [-0.1, -0.05) is 18.2 Å². The average Bonchev–Trinajstić information content (AvgIpc) is 2.59. The summed E-state index contributed by atoms with van der Waals surface area (Å²) in [6.07, 6.45) is 0. The number of carbonyl (C=O) groups is 2. The number of hydrogen-bond acceptors (Lipinski definition) is 4. The molecule has 2 rings (SSSR count). The van der Waals surface area contributed by atoms with Crippen LogP contribution >= 0.6 is 0 Å². The molecule has 0 heterocycles. The zero-order chi connectivity index (χ0) is 17.5. The number of rotatable bonds is 6. The number of likely N-dealkylation sites (N-methyl/N-ethyl adjacent to an activating group) is 1. The molecule has 0 aromatic heterocycles. The number of halogens is 1. The van der Waals surface area contributed by atoms with E-state index in [1.165, 1.54) is 19.2 Å². The first-order valence-corrected chi connectivity index (χ1v) is 7.53. The summed E-state index contributed by atoms with van der Waals surface area (Å²) in [5.41, 5.74) is 1.28. The second kappa shape index (κ2) is 8.10. The Kier molecular flexibility index (Phi) is 5.89. The maximum absolute atomic E-state index is 13.4. The van der Waals surface area contributed by atoms with Gasteiger partial charge in [-0.15, -0.1) is 0 Å². The smallest absolute Gasteiger partial charge is 0.339 e. The molecule has 0 aliphatic heterocycles. The number of para-hydroxylation sites is 1. The lowest BCUT2D eigenvalue weighted by molar-refractivity contribution is -0.115. The van der Waals surface area contributed by atoms with Crippen molar-refractivity contribution in [2.24, 2.45) is 0 Å². The Balaban J connectivity index is 2.11. The molecule has 0 saturated heterocycles. The Bertz CT molecular complexity index is 734. The molecule has 0 unspecified atom stereocenters. The molecule has 6 heteroatoms. The van der Waals surface area contributed by atoms with Crippen LogP contribution in [0.3, 0.4) is 0 Å². The highest BCUT2D eigenvalue weighted by atomic mass is 19.1. The number of methoxy groups -OCH3 is 1. The van der Waals surface area contributed by atoms with E-state index in [4.69, 9.17) is 4.74 Å². The molecule has 0 aliphatic rings. The fraction of sp³-hybridized carbons (Fsp3) is 0.222. The van der Waals surface area contributed by atoms with Gasteiger partial charge in [0.1, 0.15) is 5.82 Å². The molecule has 2 aromatic rings. The van der Waals surface area contributed by atoms with Gasteiger partial charge in [0.25, 0.3) is 0 Å². The lowest BCUT2D eigenvalue weighted by atomic mass is 10.2. The van der Waals surface area contributed by atoms with Gasteiger partial charge >= 0.3 is 5.97 Å². The van der Waals surface area contributed by atoms with E-state index in [-0.39, 0.29) is 23.8 Å². The van der Waals surface area contributed by atoms with Gasteiger partial charge in [-0.3, -0.25) is 4.79 Å². The summed E-state index contributed by atoms with van der Waals surface area (Å²) < 4.78 is 18.1. The molecule has 24 heavy (non-hydrogen) atoms. The quantitative estimate of drug-likeness (QED) is 0.827. The van der Waals surface area contributed by atoms with E-state index in [1.807, 2.05) is 6.92 Å². The highest BCUT2D eigenvalue weighted by molar-refractivity contribution is 6.02. The van der Waals surface area contributed by atoms with Crippen molar-refractivity contribution in [3.8, 4) is 0 Å². The third kappa shape index (κ3) is 4.32. The van der Waals surface area contributed by atoms with Crippen LogP contribution in [-0.4, -0.2) is 32.1 Å². The summed E-state index contributed by atoms with van der Waals surface area (Å²) in [7, 11) is 1.28. The van der Waals surface area contributed by atoms with E-state index in [0.29, 0.717) is 17.9 Å². The average molecular weight is 330 g/mol. The van der Waals surface area contributed by atoms with Gasteiger partial charge in [0.05, 0.1) is 24.9 Å². The van der Waals surface area contributed by atoms with Gasteiger partial charge in [-0.25, -0.2) is 9.18 Å². The Labute approximate surface area is 140 Å². The first kappa shape index (κ1) is 17.5. The Morgan fingerprint density at radius 1 is 1.17 bits per heavy atom. The topological polar surface area (TPSA) is 58.6 Å². The molecule has 0 saturated carbocycles. The van der Waals surface area contributed by atoms with Crippen LogP contribution in [0.4, 0.5) is 15.8 Å². The lowest BCUT2D eigenvalue weighted by Gasteiger charge is -2.22. The van der Waals surface area contributed by atoms with Gasteiger partial charge in [0.2, 0.25) is 5.91 Å². The molecular weight excluding hydrogens is 311 g/mol. The van der Waals surface area contributed by atoms with Crippen molar-refractivity contribution in [1.29, 1.82) is 0 Å². The SMILES string of the molecule is CCN(CC(=O)Nc1ccccc1C(=O)OC)c1cccc(F)c1. The second-order valence-corrected chi connectivity index (χ2v) is 5.08. The third-order valence-corrected chi connectivity index (χ3v) is 3.50. The minimum atomic E-state index is -0.525. The lowest BCUT2D eigenvalue weighted by Crippen LogP contribution is -2.33.